The van der Waals surface area contributed by atoms with Crippen LogP contribution in [0.15, 0.2) is 60.7 Å². The molecule has 0 spiro atoms. The van der Waals surface area contributed by atoms with Crippen LogP contribution in [0.1, 0.15) is 11.6 Å². The predicted molar refractivity (Wildman–Crippen MR) is 120 cm³/mol. The van der Waals surface area contributed by atoms with Crippen molar-refractivity contribution in [2.24, 2.45) is 0 Å². The fourth-order valence-corrected chi connectivity index (χ4v) is 3.51. The number of carbonyl (C=O) groups is 2. The second kappa shape index (κ2) is 9.61. The van der Waals surface area contributed by atoms with Gasteiger partial charge in [-0.1, -0.05) is 54.1 Å². The van der Waals surface area contributed by atoms with Gasteiger partial charge in [0.2, 0.25) is 0 Å². The van der Waals surface area contributed by atoms with Gasteiger partial charge in [0.25, 0.3) is 0 Å². The third-order valence-corrected chi connectivity index (χ3v) is 5.11. The number of carbonyl (C=O) groups excluding carboxylic acids is 2. The van der Waals surface area contributed by atoms with Crippen LogP contribution in [0.4, 0.5) is 5.69 Å². The first-order chi connectivity index (χ1) is 14.4. The van der Waals surface area contributed by atoms with E-state index in [1.807, 2.05) is 43.3 Å². The van der Waals surface area contributed by atoms with Crippen molar-refractivity contribution in [3.05, 3.63) is 71.2 Å². The molecule has 7 heteroatoms. The lowest BCUT2D eigenvalue weighted by Crippen LogP contribution is -2.40. The van der Waals surface area contributed by atoms with Gasteiger partial charge in [0, 0.05) is 11.6 Å². The maximum absolute atomic E-state index is 12.4. The van der Waals surface area contributed by atoms with Gasteiger partial charge in [-0.15, -0.1) is 0 Å². The van der Waals surface area contributed by atoms with Gasteiger partial charge in [0.05, 0.1) is 18.8 Å². The number of amides is 2. The van der Waals surface area contributed by atoms with Crippen LogP contribution in [0.3, 0.4) is 0 Å². The topological polar surface area (TPSA) is 70.7 Å². The van der Waals surface area contributed by atoms with Gasteiger partial charge >= 0.3 is 11.8 Å². The Hall–Kier alpha value is -3.09. The largest absolute Gasteiger partial charge is 0.495 e. The number of fused-ring (bicyclic) bond motifs is 1. The molecular formula is C23H24ClN3O3. The molecule has 2 N–H and O–H groups in total. The molecule has 0 unspecified atom stereocenters. The highest BCUT2D eigenvalue weighted by atomic mass is 35.5. The molecule has 0 heterocycles. The van der Waals surface area contributed by atoms with Crippen molar-refractivity contribution < 1.29 is 14.3 Å². The molecule has 156 valence electrons. The molecule has 0 fully saturated rings. The van der Waals surface area contributed by atoms with Gasteiger partial charge in [-0.2, -0.15) is 0 Å². The molecule has 0 aliphatic rings. The number of halogens is 1. The van der Waals surface area contributed by atoms with E-state index in [1.54, 1.807) is 12.1 Å². The van der Waals surface area contributed by atoms with E-state index in [2.05, 4.69) is 28.8 Å². The molecule has 0 bridgehead atoms. The second-order valence-corrected chi connectivity index (χ2v) is 7.49. The standard InChI is InChI=1S/C23H24ClN3O3/c1-27(2)20(18-10-6-8-15-7-4-5-9-17(15)18)14-25-22(28)23(29)26-19-13-16(24)11-12-21(19)30-3/h4-13,20H,14H2,1-3H3,(H,25,28)(H,26,29)/t20-/m1/s1. The van der Waals surface area contributed by atoms with Gasteiger partial charge in [-0.25, -0.2) is 0 Å². The van der Waals surface area contributed by atoms with Crippen molar-refractivity contribution in [3.63, 3.8) is 0 Å². The molecule has 0 aromatic heterocycles. The number of hydrogen-bond donors (Lipinski definition) is 2. The normalized spacial score (nSPS) is 11.9. The molecule has 3 rings (SSSR count). The third-order valence-electron chi connectivity index (χ3n) is 4.88. The monoisotopic (exact) mass is 425 g/mol. The zero-order valence-electron chi connectivity index (χ0n) is 17.1. The number of nitrogens with zero attached hydrogens (tertiary/aromatic N) is 1. The summed E-state index contributed by atoms with van der Waals surface area (Å²) in [5.74, 6) is -1.10. The highest BCUT2D eigenvalue weighted by Crippen LogP contribution is 2.28. The van der Waals surface area contributed by atoms with Gasteiger partial charge in [-0.3, -0.25) is 9.59 Å². The zero-order chi connectivity index (χ0) is 21.7. The van der Waals surface area contributed by atoms with Crippen molar-refractivity contribution >= 4 is 39.9 Å². The Balaban J connectivity index is 1.73. The lowest BCUT2D eigenvalue weighted by Gasteiger charge is -2.26. The number of rotatable bonds is 6. The Labute approximate surface area is 180 Å². The smallest absolute Gasteiger partial charge is 0.313 e. The highest BCUT2D eigenvalue weighted by Gasteiger charge is 2.21. The highest BCUT2D eigenvalue weighted by molar-refractivity contribution is 6.40. The van der Waals surface area contributed by atoms with Gasteiger partial charge < -0.3 is 20.3 Å². The maximum atomic E-state index is 12.4. The Bertz CT molecular complexity index is 1060. The number of anilines is 1. The lowest BCUT2D eigenvalue weighted by molar-refractivity contribution is -0.136. The van der Waals surface area contributed by atoms with Crippen molar-refractivity contribution in [3.8, 4) is 5.75 Å². The van der Waals surface area contributed by atoms with Crippen LogP contribution in [-0.2, 0) is 9.59 Å². The van der Waals surface area contributed by atoms with Crippen molar-refractivity contribution in [1.82, 2.24) is 10.2 Å². The first kappa shape index (κ1) is 21.6. The molecule has 3 aromatic carbocycles. The summed E-state index contributed by atoms with van der Waals surface area (Å²) in [5.41, 5.74) is 1.42. The lowest BCUT2D eigenvalue weighted by atomic mass is 9.98. The van der Waals surface area contributed by atoms with Gasteiger partial charge in [0.1, 0.15) is 5.75 Å². The second-order valence-electron chi connectivity index (χ2n) is 7.06. The molecular weight excluding hydrogens is 402 g/mol. The van der Waals surface area contributed by atoms with E-state index >= 15 is 0 Å². The van der Waals surface area contributed by atoms with Crippen molar-refractivity contribution in [1.29, 1.82) is 0 Å². The summed E-state index contributed by atoms with van der Waals surface area (Å²) in [6.07, 6.45) is 0. The van der Waals surface area contributed by atoms with Crippen LogP contribution in [0, 0.1) is 0 Å². The van der Waals surface area contributed by atoms with Crippen molar-refractivity contribution in [2.75, 3.05) is 33.1 Å². The minimum absolute atomic E-state index is 0.103. The summed E-state index contributed by atoms with van der Waals surface area (Å²) >= 11 is 5.98. The summed E-state index contributed by atoms with van der Waals surface area (Å²) in [4.78, 5) is 26.8. The Morgan fingerprint density at radius 3 is 2.50 bits per heavy atom. The van der Waals surface area contributed by atoms with E-state index < -0.39 is 11.8 Å². The van der Waals surface area contributed by atoms with Gasteiger partial charge in [0.15, 0.2) is 0 Å². The molecule has 0 radical (unpaired) electrons. The summed E-state index contributed by atoms with van der Waals surface area (Å²) < 4.78 is 5.20. The molecule has 0 saturated heterocycles. The minimum Gasteiger partial charge on any atom is -0.495 e. The molecule has 0 aliphatic carbocycles. The van der Waals surface area contributed by atoms with Crippen LogP contribution in [0.25, 0.3) is 10.8 Å². The van der Waals surface area contributed by atoms with E-state index in [0.29, 0.717) is 16.5 Å². The first-order valence-electron chi connectivity index (χ1n) is 9.47. The van der Waals surface area contributed by atoms with Crippen LogP contribution in [-0.4, -0.2) is 44.5 Å². The van der Waals surface area contributed by atoms with Gasteiger partial charge in [-0.05, 0) is 48.6 Å². The summed E-state index contributed by atoms with van der Waals surface area (Å²) in [6.45, 7) is 0.278. The van der Waals surface area contributed by atoms with Crippen LogP contribution >= 0.6 is 11.6 Å². The number of ether oxygens (including phenoxy) is 1. The molecule has 2 amide bonds. The average Bonchev–Trinajstić information content (AvgIpc) is 2.73. The van der Waals surface area contributed by atoms with Crippen LogP contribution < -0.4 is 15.4 Å². The summed E-state index contributed by atoms with van der Waals surface area (Å²) in [5, 5.41) is 7.95. The molecule has 0 saturated carbocycles. The van der Waals surface area contributed by atoms with E-state index in [-0.39, 0.29) is 12.6 Å². The van der Waals surface area contributed by atoms with Crippen LogP contribution in [0.2, 0.25) is 5.02 Å². The van der Waals surface area contributed by atoms with Crippen LogP contribution in [0.5, 0.6) is 5.75 Å². The molecule has 1 atom stereocenters. The SMILES string of the molecule is COc1ccc(Cl)cc1NC(=O)C(=O)NC[C@H](c1cccc2ccccc12)N(C)C. The number of nitrogens with one attached hydrogen (secondary N) is 2. The molecule has 30 heavy (non-hydrogen) atoms. The third kappa shape index (κ3) is 4.90. The molecule has 3 aromatic rings. The summed E-state index contributed by atoms with van der Waals surface area (Å²) in [7, 11) is 5.36. The van der Waals surface area contributed by atoms with Crippen molar-refractivity contribution in [2.45, 2.75) is 6.04 Å². The predicted octanol–water partition coefficient (Wildman–Crippen LogP) is 3.86. The molecule has 6 nitrogen and oxygen atoms in total. The number of likely N-dealkylation sites (N-methyl/N-ethyl adjacent to an activating group) is 1. The fraction of sp³-hybridized carbons (Fsp3) is 0.217. The van der Waals surface area contributed by atoms with E-state index in [4.69, 9.17) is 16.3 Å². The Morgan fingerprint density at radius 1 is 1.03 bits per heavy atom. The maximum Gasteiger partial charge on any atom is 0.313 e. The average molecular weight is 426 g/mol. The quantitative estimate of drug-likeness (QED) is 0.588. The molecule has 0 aliphatic heterocycles. The fourth-order valence-electron chi connectivity index (χ4n) is 3.34. The summed E-state index contributed by atoms with van der Waals surface area (Å²) in [6, 6.07) is 18.9. The first-order valence-corrected chi connectivity index (χ1v) is 9.85. The number of hydrogen-bond acceptors (Lipinski definition) is 4. The zero-order valence-corrected chi connectivity index (χ0v) is 17.9. The van der Waals surface area contributed by atoms with E-state index in [0.717, 1.165) is 16.3 Å². The van der Waals surface area contributed by atoms with E-state index in [9.17, 15) is 9.59 Å². The minimum atomic E-state index is -0.786. The number of benzene rings is 3. The Morgan fingerprint density at radius 2 is 1.77 bits per heavy atom. The Kier molecular flexibility index (Phi) is 6.92. The van der Waals surface area contributed by atoms with E-state index in [1.165, 1.54) is 13.2 Å². The number of methoxy groups -OCH3 is 1.